The monoisotopic (exact) mass is 284 g/mol. The van der Waals surface area contributed by atoms with Gasteiger partial charge in [-0.2, -0.15) is 5.10 Å². The third-order valence-corrected chi connectivity index (χ3v) is 4.00. The van der Waals surface area contributed by atoms with Crippen molar-refractivity contribution in [3.8, 4) is 11.4 Å². The Bertz CT molecular complexity index is 608. The van der Waals surface area contributed by atoms with Crippen molar-refractivity contribution in [2.45, 2.75) is 32.1 Å². The number of carbonyl (C=O) groups is 1. The molecule has 0 spiro atoms. The first-order valence-electron chi connectivity index (χ1n) is 7.53. The van der Waals surface area contributed by atoms with Gasteiger partial charge >= 0.3 is 0 Å². The van der Waals surface area contributed by atoms with Crippen LogP contribution in [0.3, 0.4) is 0 Å². The molecule has 1 fully saturated rings. The van der Waals surface area contributed by atoms with Gasteiger partial charge in [0.1, 0.15) is 5.82 Å². The molecule has 1 aromatic heterocycles. The first kappa shape index (κ1) is 13.8. The molecule has 1 aromatic carbocycles. The van der Waals surface area contributed by atoms with Crippen molar-refractivity contribution in [3.05, 3.63) is 36.2 Å². The first-order valence-corrected chi connectivity index (χ1v) is 7.53. The summed E-state index contributed by atoms with van der Waals surface area (Å²) in [7, 11) is 0. The molecule has 2 aromatic rings. The molecule has 21 heavy (non-hydrogen) atoms. The molecule has 1 aliphatic rings. The van der Waals surface area contributed by atoms with E-state index in [1.54, 1.807) is 0 Å². The van der Waals surface area contributed by atoms with Gasteiger partial charge in [-0.25, -0.2) is 4.98 Å². The number of rotatable bonds is 3. The normalized spacial score (nSPS) is 18.7. The molecular weight excluding hydrogens is 264 g/mol. The lowest BCUT2D eigenvalue weighted by Gasteiger charge is -2.31. The van der Waals surface area contributed by atoms with Crippen LogP contribution < -0.4 is 0 Å². The molecule has 0 saturated carbocycles. The zero-order valence-electron chi connectivity index (χ0n) is 12.2. The van der Waals surface area contributed by atoms with Crippen molar-refractivity contribution in [2.24, 2.45) is 0 Å². The number of likely N-dealkylation sites (tertiary alicyclic amines) is 1. The van der Waals surface area contributed by atoms with Crippen LogP contribution in [-0.2, 0) is 4.79 Å². The summed E-state index contributed by atoms with van der Waals surface area (Å²) >= 11 is 0. The fourth-order valence-corrected chi connectivity index (χ4v) is 2.82. The highest BCUT2D eigenvalue weighted by Crippen LogP contribution is 2.26. The van der Waals surface area contributed by atoms with E-state index in [4.69, 9.17) is 0 Å². The van der Waals surface area contributed by atoms with Crippen LogP contribution in [0.25, 0.3) is 11.4 Å². The van der Waals surface area contributed by atoms with E-state index >= 15 is 0 Å². The smallest absolute Gasteiger partial charge is 0.222 e. The second kappa shape index (κ2) is 6.08. The highest BCUT2D eigenvalue weighted by molar-refractivity contribution is 5.76. The standard InChI is InChI=1S/C16H20N4O/c1-2-14(21)20-10-6-9-13(11-20)16-17-15(18-19-16)12-7-4-3-5-8-12/h3-5,7-8,13H,2,6,9-11H2,1H3,(H,17,18,19)/t13-/m1/s1. The van der Waals surface area contributed by atoms with Crippen LogP contribution in [0.5, 0.6) is 0 Å². The number of benzene rings is 1. The lowest BCUT2D eigenvalue weighted by Crippen LogP contribution is -2.38. The number of piperidine rings is 1. The highest BCUT2D eigenvalue weighted by Gasteiger charge is 2.26. The zero-order valence-corrected chi connectivity index (χ0v) is 12.2. The van der Waals surface area contributed by atoms with Crippen molar-refractivity contribution in [1.82, 2.24) is 20.1 Å². The minimum atomic E-state index is 0.225. The van der Waals surface area contributed by atoms with Crippen LogP contribution in [0.1, 0.15) is 37.9 Å². The van der Waals surface area contributed by atoms with Gasteiger partial charge in [0.25, 0.3) is 0 Å². The van der Waals surface area contributed by atoms with Gasteiger partial charge in [0.2, 0.25) is 5.91 Å². The van der Waals surface area contributed by atoms with E-state index in [1.165, 1.54) is 0 Å². The van der Waals surface area contributed by atoms with Crippen molar-refractivity contribution >= 4 is 5.91 Å². The molecule has 1 aliphatic heterocycles. The summed E-state index contributed by atoms with van der Waals surface area (Å²) in [5.74, 6) is 2.11. The van der Waals surface area contributed by atoms with Crippen LogP contribution in [0.4, 0.5) is 0 Å². The lowest BCUT2D eigenvalue weighted by molar-refractivity contribution is -0.132. The molecule has 0 bridgehead atoms. The summed E-state index contributed by atoms with van der Waals surface area (Å²) < 4.78 is 0. The number of hydrogen-bond acceptors (Lipinski definition) is 3. The number of amides is 1. The van der Waals surface area contributed by atoms with E-state index in [0.29, 0.717) is 6.42 Å². The predicted octanol–water partition coefficient (Wildman–Crippen LogP) is 2.59. The highest BCUT2D eigenvalue weighted by atomic mass is 16.2. The summed E-state index contributed by atoms with van der Waals surface area (Å²) in [6.07, 6.45) is 2.65. The molecular formula is C16H20N4O. The van der Waals surface area contributed by atoms with Crippen molar-refractivity contribution in [3.63, 3.8) is 0 Å². The molecule has 0 aliphatic carbocycles. The lowest BCUT2D eigenvalue weighted by atomic mass is 9.97. The Morgan fingerprint density at radius 3 is 2.95 bits per heavy atom. The van der Waals surface area contributed by atoms with E-state index in [2.05, 4.69) is 15.2 Å². The van der Waals surface area contributed by atoms with E-state index in [9.17, 15) is 4.79 Å². The van der Waals surface area contributed by atoms with Gasteiger partial charge in [0.05, 0.1) is 0 Å². The first-order chi connectivity index (χ1) is 10.3. The van der Waals surface area contributed by atoms with Crippen LogP contribution in [0.15, 0.2) is 30.3 Å². The molecule has 3 rings (SSSR count). The van der Waals surface area contributed by atoms with Crippen molar-refractivity contribution in [2.75, 3.05) is 13.1 Å². The SMILES string of the molecule is CCC(=O)N1CCC[C@@H](c2nc(-c3ccccc3)n[nH]2)C1. The van der Waals surface area contributed by atoms with Gasteiger partial charge < -0.3 is 4.90 Å². The Labute approximate surface area is 124 Å². The summed E-state index contributed by atoms with van der Waals surface area (Å²) in [5.41, 5.74) is 1.01. The topological polar surface area (TPSA) is 61.9 Å². The van der Waals surface area contributed by atoms with Crippen LogP contribution >= 0.6 is 0 Å². The Morgan fingerprint density at radius 2 is 2.19 bits per heavy atom. The Balaban J connectivity index is 1.75. The van der Waals surface area contributed by atoms with Crippen LogP contribution in [-0.4, -0.2) is 39.1 Å². The number of hydrogen-bond donors (Lipinski definition) is 1. The number of aromatic amines is 1. The van der Waals surface area contributed by atoms with E-state index in [-0.39, 0.29) is 11.8 Å². The molecule has 0 unspecified atom stereocenters. The minimum absolute atomic E-state index is 0.225. The Morgan fingerprint density at radius 1 is 1.38 bits per heavy atom. The third kappa shape index (κ3) is 2.96. The van der Waals surface area contributed by atoms with Gasteiger partial charge in [-0.1, -0.05) is 37.3 Å². The predicted molar refractivity (Wildman–Crippen MR) is 80.7 cm³/mol. The zero-order chi connectivity index (χ0) is 14.7. The summed E-state index contributed by atoms with van der Waals surface area (Å²) in [5, 5.41) is 7.36. The Kier molecular flexibility index (Phi) is 3.99. The summed E-state index contributed by atoms with van der Waals surface area (Å²) in [6.45, 7) is 3.52. The number of carbonyl (C=O) groups excluding carboxylic acids is 1. The molecule has 1 saturated heterocycles. The average Bonchev–Trinajstić information content (AvgIpc) is 3.05. The number of aromatic nitrogens is 3. The van der Waals surface area contributed by atoms with Gasteiger partial charge in [0.15, 0.2) is 5.82 Å². The van der Waals surface area contributed by atoms with E-state index in [0.717, 1.165) is 43.1 Å². The molecule has 5 nitrogen and oxygen atoms in total. The van der Waals surface area contributed by atoms with Gasteiger partial charge in [0, 0.05) is 31.0 Å². The number of H-pyrrole nitrogens is 1. The summed E-state index contributed by atoms with van der Waals surface area (Å²) in [6, 6.07) is 9.94. The van der Waals surface area contributed by atoms with Crippen molar-refractivity contribution in [1.29, 1.82) is 0 Å². The second-order valence-corrected chi connectivity index (χ2v) is 5.44. The molecule has 5 heteroatoms. The van der Waals surface area contributed by atoms with Gasteiger partial charge in [-0.3, -0.25) is 9.89 Å². The average molecular weight is 284 g/mol. The Hall–Kier alpha value is -2.17. The van der Waals surface area contributed by atoms with E-state index < -0.39 is 0 Å². The minimum Gasteiger partial charge on any atom is -0.342 e. The largest absolute Gasteiger partial charge is 0.342 e. The molecule has 0 radical (unpaired) electrons. The molecule has 1 N–H and O–H groups in total. The van der Waals surface area contributed by atoms with Gasteiger partial charge in [-0.15, -0.1) is 0 Å². The van der Waals surface area contributed by atoms with Crippen LogP contribution in [0, 0.1) is 0 Å². The molecule has 2 heterocycles. The van der Waals surface area contributed by atoms with E-state index in [1.807, 2.05) is 42.2 Å². The van der Waals surface area contributed by atoms with Crippen LogP contribution in [0.2, 0.25) is 0 Å². The molecule has 110 valence electrons. The number of nitrogens with zero attached hydrogens (tertiary/aromatic N) is 3. The maximum absolute atomic E-state index is 11.9. The number of nitrogens with one attached hydrogen (secondary N) is 1. The third-order valence-electron chi connectivity index (χ3n) is 4.00. The summed E-state index contributed by atoms with van der Waals surface area (Å²) in [4.78, 5) is 18.4. The fraction of sp³-hybridized carbons (Fsp3) is 0.438. The molecule has 1 atom stereocenters. The van der Waals surface area contributed by atoms with Crippen molar-refractivity contribution < 1.29 is 4.79 Å². The van der Waals surface area contributed by atoms with Gasteiger partial charge in [-0.05, 0) is 12.8 Å². The second-order valence-electron chi connectivity index (χ2n) is 5.44. The quantitative estimate of drug-likeness (QED) is 0.942. The maximum atomic E-state index is 11.9. The maximum Gasteiger partial charge on any atom is 0.222 e. The molecule has 1 amide bonds. The fourth-order valence-electron chi connectivity index (χ4n) is 2.82.